The monoisotopic (exact) mass is 424 g/mol. The number of nitrogens with zero attached hydrogens (tertiary/aromatic N) is 4. The summed E-state index contributed by atoms with van der Waals surface area (Å²) in [6.07, 6.45) is 5.77. The van der Waals surface area contributed by atoms with Crippen LogP contribution in [0, 0.1) is 0 Å². The van der Waals surface area contributed by atoms with Gasteiger partial charge in [0.2, 0.25) is 11.9 Å². The van der Waals surface area contributed by atoms with Crippen LogP contribution in [0.5, 0.6) is 0 Å². The second-order valence-electron chi connectivity index (χ2n) is 8.33. The summed E-state index contributed by atoms with van der Waals surface area (Å²) >= 11 is 0. The van der Waals surface area contributed by atoms with Crippen molar-refractivity contribution in [3.05, 3.63) is 23.8 Å². The summed E-state index contributed by atoms with van der Waals surface area (Å²) in [4.78, 5) is 13.9. The molecule has 1 aliphatic carbocycles. The average molecular weight is 425 g/mol. The number of fused-ring (bicyclic) bond motifs is 1. The Hall–Kier alpha value is -3.27. The van der Waals surface area contributed by atoms with Gasteiger partial charge in [0.1, 0.15) is 0 Å². The van der Waals surface area contributed by atoms with Gasteiger partial charge in [-0.25, -0.2) is 4.98 Å². The van der Waals surface area contributed by atoms with Crippen LogP contribution in [0.3, 0.4) is 0 Å². The third-order valence-electron chi connectivity index (χ3n) is 5.76. The zero-order valence-electron chi connectivity index (χ0n) is 17.9. The van der Waals surface area contributed by atoms with Gasteiger partial charge in [-0.1, -0.05) is 31.4 Å². The Balaban J connectivity index is 1.72. The van der Waals surface area contributed by atoms with Crippen LogP contribution in [0.4, 0.5) is 29.1 Å². The predicted octanol–water partition coefficient (Wildman–Crippen LogP) is 2.45. The van der Waals surface area contributed by atoms with E-state index < -0.39 is 0 Å². The first-order valence-electron chi connectivity index (χ1n) is 10.9. The summed E-state index contributed by atoms with van der Waals surface area (Å²) < 4.78 is 2.17. The largest absolute Gasteiger partial charge is 0.397 e. The lowest BCUT2D eigenvalue weighted by molar-refractivity contribution is 0.361. The molecule has 0 aliphatic heterocycles. The maximum atomic E-state index is 6.26. The van der Waals surface area contributed by atoms with Crippen LogP contribution in [0.1, 0.15) is 50.6 Å². The lowest BCUT2D eigenvalue weighted by atomic mass is 9.95. The van der Waals surface area contributed by atoms with E-state index in [2.05, 4.69) is 20.2 Å². The molecule has 3 aromatic rings. The molecule has 10 heteroatoms. The van der Waals surface area contributed by atoms with Crippen molar-refractivity contribution in [2.45, 2.75) is 57.7 Å². The molecule has 10 nitrogen and oxygen atoms in total. The van der Waals surface area contributed by atoms with Gasteiger partial charge in [-0.05, 0) is 31.4 Å². The van der Waals surface area contributed by atoms with Crippen molar-refractivity contribution in [2.24, 2.45) is 5.73 Å². The molecule has 0 radical (unpaired) electrons. The fourth-order valence-corrected chi connectivity index (χ4v) is 4.10. The second kappa shape index (κ2) is 8.84. The molecular weight excluding hydrogens is 392 g/mol. The highest BCUT2D eigenvalue weighted by Gasteiger charge is 2.24. The van der Waals surface area contributed by atoms with Crippen molar-refractivity contribution in [1.29, 1.82) is 0 Å². The fraction of sp³-hybridized carbons (Fsp3) is 0.476. The molecule has 2 heterocycles. The molecule has 1 unspecified atom stereocenters. The number of nitrogen functional groups attached to an aromatic ring is 3. The SMILES string of the molecule is CC(N)CNc1nc(N)c2nc(NCc3cccc(N)c3N)n(C3CCCCC3)c2n1. The van der Waals surface area contributed by atoms with E-state index in [1.54, 1.807) is 6.07 Å². The van der Waals surface area contributed by atoms with Crippen LogP contribution in [0.15, 0.2) is 18.2 Å². The molecule has 1 fully saturated rings. The third-order valence-corrected chi connectivity index (χ3v) is 5.76. The van der Waals surface area contributed by atoms with E-state index in [-0.39, 0.29) is 6.04 Å². The van der Waals surface area contributed by atoms with Gasteiger partial charge in [-0.15, -0.1) is 0 Å². The van der Waals surface area contributed by atoms with Crippen LogP contribution in [0.25, 0.3) is 11.2 Å². The number of hydrogen-bond acceptors (Lipinski definition) is 9. The van der Waals surface area contributed by atoms with Crippen molar-refractivity contribution in [2.75, 3.05) is 34.4 Å². The Morgan fingerprint density at radius 1 is 1.06 bits per heavy atom. The molecule has 1 atom stereocenters. The van der Waals surface area contributed by atoms with Gasteiger partial charge in [0.05, 0.1) is 11.4 Å². The molecule has 0 bridgehead atoms. The van der Waals surface area contributed by atoms with Crippen molar-refractivity contribution >= 4 is 40.3 Å². The van der Waals surface area contributed by atoms with E-state index in [1.807, 2.05) is 19.1 Å². The Morgan fingerprint density at radius 2 is 1.84 bits per heavy atom. The summed E-state index contributed by atoms with van der Waals surface area (Å²) in [6.45, 7) is 2.98. The summed E-state index contributed by atoms with van der Waals surface area (Å²) in [7, 11) is 0. The average Bonchev–Trinajstić information content (AvgIpc) is 3.13. The Labute approximate surface area is 181 Å². The van der Waals surface area contributed by atoms with Crippen LogP contribution >= 0.6 is 0 Å². The minimum atomic E-state index is -0.0234. The van der Waals surface area contributed by atoms with Gasteiger partial charge < -0.3 is 33.6 Å². The summed E-state index contributed by atoms with van der Waals surface area (Å²) in [5, 5.41) is 6.60. The molecule has 1 aliphatic rings. The zero-order valence-corrected chi connectivity index (χ0v) is 17.9. The highest BCUT2D eigenvalue weighted by Crippen LogP contribution is 2.35. The van der Waals surface area contributed by atoms with Gasteiger partial charge >= 0.3 is 0 Å². The number of hydrogen-bond donors (Lipinski definition) is 6. The molecular formula is C21H32N10. The smallest absolute Gasteiger partial charge is 0.226 e. The lowest BCUT2D eigenvalue weighted by Crippen LogP contribution is -2.26. The molecule has 0 saturated heterocycles. The normalized spacial score (nSPS) is 15.8. The number of aromatic nitrogens is 4. The van der Waals surface area contributed by atoms with Gasteiger partial charge in [-0.3, -0.25) is 4.57 Å². The number of rotatable bonds is 7. The molecule has 1 saturated carbocycles. The second-order valence-corrected chi connectivity index (χ2v) is 8.33. The van der Waals surface area contributed by atoms with Gasteiger partial charge in [0.25, 0.3) is 0 Å². The fourth-order valence-electron chi connectivity index (χ4n) is 4.10. The van der Waals surface area contributed by atoms with Gasteiger partial charge in [0, 0.05) is 25.2 Å². The van der Waals surface area contributed by atoms with Crippen LogP contribution in [-0.4, -0.2) is 32.1 Å². The molecule has 2 aromatic heterocycles. The number of nitrogens with one attached hydrogen (secondary N) is 2. The topological polar surface area (TPSA) is 172 Å². The van der Waals surface area contributed by atoms with E-state index in [1.165, 1.54) is 19.3 Å². The van der Waals surface area contributed by atoms with Crippen molar-refractivity contribution in [3.63, 3.8) is 0 Å². The van der Waals surface area contributed by atoms with Crippen molar-refractivity contribution < 1.29 is 0 Å². The number of anilines is 5. The summed E-state index contributed by atoms with van der Waals surface area (Å²) in [5.41, 5.74) is 27.6. The minimum Gasteiger partial charge on any atom is -0.397 e. The quantitative estimate of drug-likeness (QED) is 0.311. The van der Waals surface area contributed by atoms with Crippen LogP contribution in [0.2, 0.25) is 0 Å². The predicted molar refractivity (Wildman–Crippen MR) is 127 cm³/mol. The molecule has 0 amide bonds. The number of imidazole rings is 1. The maximum Gasteiger partial charge on any atom is 0.226 e. The molecule has 31 heavy (non-hydrogen) atoms. The van der Waals surface area contributed by atoms with E-state index >= 15 is 0 Å². The summed E-state index contributed by atoms with van der Waals surface area (Å²) in [6, 6.07) is 5.92. The number of para-hydroxylation sites is 1. The minimum absolute atomic E-state index is 0.0234. The highest BCUT2D eigenvalue weighted by molar-refractivity contribution is 5.85. The molecule has 1 aromatic carbocycles. The van der Waals surface area contributed by atoms with Crippen molar-refractivity contribution in [1.82, 2.24) is 19.5 Å². The number of benzene rings is 1. The lowest BCUT2D eigenvalue weighted by Gasteiger charge is -2.25. The summed E-state index contributed by atoms with van der Waals surface area (Å²) in [5.74, 6) is 1.53. The molecule has 166 valence electrons. The van der Waals surface area contributed by atoms with Crippen molar-refractivity contribution in [3.8, 4) is 0 Å². The first-order valence-corrected chi connectivity index (χ1v) is 10.9. The first-order chi connectivity index (χ1) is 14.9. The Bertz CT molecular complexity index is 1050. The standard InChI is InChI=1S/C21H32N10/c1-12(22)10-26-20-29-18(25)17-19(30-20)31(14-7-3-2-4-8-14)21(28-17)27-11-13-6-5-9-15(23)16(13)24/h5-6,9,12,14H,2-4,7-8,10-11,22-24H2,1H3,(H,27,28)(H3,25,26,29,30). The van der Waals surface area contributed by atoms with E-state index in [9.17, 15) is 0 Å². The van der Waals surface area contributed by atoms with Crippen LogP contribution in [-0.2, 0) is 6.54 Å². The van der Waals surface area contributed by atoms with E-state index in [0.717, 1.165) is 24.1 Å². The zero-order chi connectivity index (χ0) is 22.0. The highest BCUT2D eigenvalue weighted by atomic mass is 15.3. The van der Waals surface area contributed by atoms with E-state index in [0.29, 0.717) is 53.7 Å². The maximum absolute atomic E-state index is 6.26. The van der Waals surface area contributed by atoms with Gasteiger partial charge in [0.15, 0.2) is 17.0 Å². The first kappa shape index (κ1) is 21.0. The third kappa shape index (κ3) is 4.43. The van der Waals surface area contributed by atoms with Gasteiger partial charge in [-0.2, -0.15) is 9.97 Å². The molecule has 0 spiro atoms. The molecule has 4 rings (SSSR count). The van der Waals surface area contributed by atoms with E-state index in [4.69, 9.17) is 32.9 Å². The van der Waals surface area contributed by atoms with Crippen LogP contribution < -0.4 is 33.6 Å². The molecule has 10 N–H and O–H groups in total. The number of nitrogens with two attached hydrogens (primary N) is 4. The Morgan fingerprint density at radius 3 is 2.58 bits per heavy atom. The Kier molecular flexibility index (Phi) is 5.99.